The molecule has 3 N–H and O–H groups in total. The number of aromatic nitrogens is 2. The number of aliphatic hydroxyl groups is 1. The minimum absolute atomic E-state index is 0.129. The average molecular weight is 268 g/mol. The Morgan fingerprint density at radius 3 is 2.58 bits per heavy atom. The van der Waals surface area contributed by atoms with Crippen molar-refractivity contribution in [2.24, 2.45) is 5.92 Å². The van der Waals surface area contributed by atoms with Crippen LogP contribution in [-0.2, 0) is 11.3 Å². The van der Waals surface area contributed by atoms with Gasteiger partial charge in [0.1, 0.15) is 18.2 Å². The van der Waals surface area contributed by atoms with Gasteiger partial charge in [0, 0.05) is 32.4 Å². The van der Waals surface area contributed by atoms with Gasteiger partial charge in [-0.15, -0.1) is 0 Å². The van der Waals surface area contributed by atoms with E-state index in [9.17, 15) is 0 Å². The molecule has 0 bridgehead atoms. The lowest BCUT2D eigenvalue weighted by Crippen LogP contribution is -2.27. The van der Waals surface area contributed by atoms with Crippen molar-refractivity contribution in [3.63, 3.8) is 0 Å². The highest BCUT2D eigenvalue weighted by Gasteiger charge is 2.12. The van der Waals surface area contributed by atoms with E-state index in [0.29, 0.717) is 12.4 Å². The molecule has 1 heterocycles. The number of rotatable bonds is 8. The second-order valence-electron chi connectivity index (χ2n) is 4.61. The monoisotopic (exact) mass is 268 g/mol. The van der Waals surface area contributed by atoms with Crippen molar-refractivity contribution >= 4 is 11.6 Å². The third kappa shape index (κ3) is 5.00. The van der Waals surface area contributed by atoms with E-state index in [0.717, 1.165) is 18.2 Å². The molecular weight excluding hydrogens is 244 g/mol. The van der Waals surface area contributed by atoms with Gasteiger partial charge in [0.2, 0.25) is 0 Å². The topological polar surface area (TPSA) is 79.3 Å². The summed E-state index contributed by atoms with van der Waals surface area (Å²) in [7, 11) is 1.62. The van der Waals surface area contributed by atoms with Gasteiger partial charge in [-0.2, -0.15) is 0 Å². The smallest absolute Gasteiger partial charge is 0.158 e. The maximum atomic E-state index is 9.16. The summed E-state index contributed by atoms with van der Waals surface area (Å²) < 4.78 is 5.07. The molecule has 1 aromatic heterocycles. The molecule has 108 valence electrons. The molecule has 0 fully saturated rings. The summed E-state index contributed by atoms with van der Waals surface area (Å²) in [6, 6.07) is 1.99. The Morgan fingerprint density at radius 2 is 2.00 bits per heavy atom. The molecule has 0 aliphatic heterocycles. The van der Waals surface area contributed by atoms with E-state index in [4.69, 9.17) is 9.84 Å². The fourth-order valence-electron chi connectivity index (χ4n) is 1.57. The molecule has 0 radical (unpaired) electrons. The van der Waals surface area contributed by atoms with Gasteiger partial charge in [0.15, 0.2) is 5.82 Å². The van der Waals surface area contributed by atoms with Crippen LogP contribution in [0.3, 0.4) is 0 Å². The third-order valence-corrected chi connectivity index (χ3v) is 2.92. The number of hydrogen-bond acceptors (Lipinski definition) is 6. The van der Waals surface area contributed by atoms with Gasteiger partial charge in [-0.05, 0) is 19.8 Å². The number of aliphatic hydroxyl groups excluding tert-OH is 1. The van der Waals surface area contributed by atoms with Crippen LogP contribution in [-0.4, -0.2) is 41.4 Å². The maximum absolute atomic E-state index is 9.16. The van der Waals surface area contributed by atoms with Gasteiger partial charge >= 0.3 is 0 Å². The first-order valence-electron chi connectivity index (χ1n) is 6.58. The van der Waals surface area contributed by atoms with Gasteiger partial charge in [0.05, 0.1) is 0 Å². The van der Waals surface area contributed by atoms with E-state index in [2.05, 4.69) is 20.6 Å². The number of nitrogens with one attached hydrogen (secondary N) is 2. The van der Waals surface area contributed by atoms with Crippen molar-refractivity contribution in [2.45, 2.75) is 33.4 Å². The molecule has 6 nitrogen and oxygen atoms in total. The summed E-state index contributed by atoms with van der Waals surface area (Å²) in [4.78, 5) is 8.74. The van der Waals surface area contributed by atoms with Crippen LogP contribution in [0.5, 0.6) is 0 Å². The molecule has 2 unspecified atom stereocenters. The van der Waals surface area contributed by atoms with Gasteiger partial charge in [0.25, 0.3) is 0 Å². The quantitative estimate of drug-likeness (QED) is 0.663. The molecule has 19 heavy (non-hydrogen) atoms. The molecule has 2 atom stereocenters. The number of ether oxygens (including phenoxy) is 1. The van der Waals surface area contributed by atoms with Gasteiger partial charge in [-0.25, -0.2) is 9.97 Å². The fourth-order valence-corrected chi connectivity index (χ4v) is 1.57. The number of anilines is 2. The van der Waals surface area contributed by atoms with Crippen LogP contribution in [0.2, 0.25) is 0 Å². The Balaban J connectivity index is 2.85. The molecule has 0 saturated heterocycles. The SMILES string of the molecule is CCNc1cc(NC(C)C(C)CO)nc(COC)n1. The molecule has 6 heteroatoms. The highest BCUT2D eigenvalue weighted by molar-refractivity contribution is 5.48. The summed E-state index contributed by atoms with van der Waals surface area (Å²) in [5.74, 6) is 2.30. The van der Waals surface area contributed by atoms with Crippen molar-refractivity contribution in [1.82, 2.24) is 9.97 Å². The predicted molar refractivity (Wildman–Crippen MR) is 76.2 cm³/mol. The lowest BCUT2D eigenvalue weighted by molar-refractivity contribution is 0.178. The van der Waals surface area contributed by atoms with Crippen LogP contribution in [0.1, 0.15) is 26.6 Å². The zero-order valence-corrected chi connectivity index (χ0v) is 12.1. The number of methoxy groups -OCH3 is 1. The Labute approximate surface area is 114 Å². The zero-order chi connectivity index (χ0) is 14.3. The molecule has 1 rings (SSSR count). The largest absolute Gasteiger partial charge is 0.396 e. The first-order valence-corrected chi connectivity index (χ1v) is 6.58. The second kappa shape index (κ2) is 7.91. The van der Waals surface area contributed by atoms with Crippen molar-refractivity contribution in [2.75, 3.05) is 30.9 Å². The van der Waals surface area contributed by atoms with Crippen LogP contribution < -0.4 is 10.6 Å². The summed E-state index contributed by atoms with van der Waals surface area (Å²) in [5.41, 5.74) is 0. The second-order valence-corrected chi connectivity index (χ2v) is 4.61. The first-order chi connectivity index (χ1) is 9.10. The Bertz CT molecular complexity index is 363. The van der Waals surface area contributed by atoms with Crippen LogP contribution >= 0.6 is 0 Å². The summed E-state index contributed by atoms with van der Waals surface area (Å²) in [6.07, 6.45) is 0. The van der Waals surface area contributed by atoms with Gasteiger partial charge < -0.3 is 20.5 Å². The van der Waals surface area contributed by atoms with Crippen LogP contribution in [0.15, 0.2) is 6.07 Å². The lowest BCUT2D eigenvalue weighted by atomic mass is 10.1. The third-order valence-electron chi connectivity index (χ3n) is 2.92. The zero-order valence-electron chi connectivity index (χ0n) is 12.1. The summed E-state index contributed by atoms with van der Waals surface area (Å²) in [5, 5.41) is 15.6. The molecule has 0 aliphatic rings. The predicted octanol–water partition coefficient (Wildman–Crippen LogP) is 1.48. The van der Waals surface area contributed by atoms with E-state index in [-0.39, 0.29) is 18.6 Å². The van der Waals surface area contributed by atoms with E-state index < -0.39 is 0 Å². The number of hydrogen-bond donors (Lipinski definition) is 3. The van der Waals surface area contributed by atoms with E-state index in [1.165, 1.54) is 0 Å². The number of nitrogens with zero attached hydrogens (tertiary/aromatic N) is 2. The average Bonchev–Trinajstić information content (AvgIpc) is 2.38. The highest BCUT2D eigenvalue weighted by Crippen LogP contribution is 2.15. The Morgan fingerprint density at radius 1 is 1.32 bits per heavy atom. The molecule has 0 spiro atoms. The van der Waals surface area contributed by atoms with E-state index in [1.54, 1.807) is 7.11 Å². The van der Waals surface area contributed by atoms with Gasteiger partial charge in [-0.3, -0.25) is 0 Å². The fraction of sp³-hybridized carbons (Fsp3) is 0.692. The van der Waals surface area contributed by atoms with E-state index in [1.807, 2.05) is 26.8 Å². The standard InChI is InChI=1S/C13H24N4O2/c1-5-14-11-6-12(15-10(3)9(2)7-18)17-13(16-11)8-19-4/h6,9-10,18H,5,7-8H2,1-4H3,(H2,14,15,16,17). The maximum Gasteiger partial charge on any atom is 0.158 e. The Hall–Kier alpha value is -1.40. The normalized spacial score (nSPS) is 13.9. The van der Waals surface area contributed by atoms with Crippen LogP contribution in [0.4, 0.5) is 11.6 Å². The molecule has 0 aliphatic carbocycles. The molecule has 0 aromatic carbocycles. The van der Waals surface area contributed by atoms with Crippen molar-refractivity contribution in [3.05, 3.63) is 11.9 Å². The molecule has 0 amide bonds. The highest BCUT2D eigenvalue weighted by atomic mass is 16.5. The molecule has 0 saturated carbocycles. The van der Waals surface area contributed by atoms with Crippen molar-refractivity contribution in [3.8, 4) is 0 Å². The Kier molecular flexibility index (Phi) is 6.52. The van der Waals surface area contributed by atoms with Gasteiger partial charge in [-0.1, -0.05) is 6.92 Å². The summed E-state index contributed by atoms with van der Waals surface area (Å²) in [6.45, 7) is 7.33. The van der Waals surface area contributed by atoms with E-state index >= 15 is 0 Å². The van der Waals surface area contributed by atoms with Crippen molar-refractivity contribution < 1.29 is 9.84 Å². The minimum atomic E-state index is 0.129. The van der Waals surface area contributed by atoms with Crippen molar-refractivity contribution in [1.29, 1.82) is 0 Å². The molecular formula is C13H24N4O2. The lowest BCUT2D eigenvalue weighted by Gasteiger charge is -2.20. The summed E-state index contributed by atoms with van der Waals surface area (Å²) >= 11 is 0. The minimum Gasteiger partial charge on any atom is -0.396 e. The van der Waals surface area contributed by atoms with Crippen LogP contribution in [0, 0.1) is 5.92 Å². The molecule has 1 aromatic rings. The van der Waals surface area contributed by atoms with Crippen LogP contribution in [0.25, 0.3) is 0 Å². The first kappa shape index (κ1) is 15.7.